The van der Waals surface area contributed by atoms with E-state index in [4.69, 9.17) is 0 Å². The monoisotopic (exact) mass is 296 g/mol. The molecule has 3 rings (SSSR count). The van der Waals surface area contributed by atoms with Crippen LogP contribution in [-0.2, 0) is 0 Å². The maximum absolute atomic E-state index is 12.9. The van der Waals surface area contributed by atoms with Crippen molar-refractivity contribution in [1.29, 1.82) is 0 Å². The predicted molar refractivity (Wildman–Crippen MR) is 88.6 cm³/mol. The van der Waals surface area contributed by atoms with Gasteiger partial charge in [0.15, 0.2) is 5.16 Å². The van der Waals surface area contributed by atoms with Crippen LogP contribution in [0.5, 0.6) is 0 Å². The van der Waals surface area contributed by atoms with E-state index in [0.717, 1.165) is 16.8 Å². The number of para-hydroxylation sites is 1. The minimum atomic E-state index is -0.0168. The molecule has 0 bridgehead atoms. The molecule has 2 aromatic carbocycles. The van der Waals surface area contributed by atoms with Gasteiger partial charge in [-0.25, -0.2) is 4.98 Å². The average molecular weight is 296 g/mol. The van der Waals surface area contributed by atoms with Gasteiger partial charge in [0.2, 0.25) is 0 Å². The first-order valence-electron chi connectivity index (χ1n) is 6.75. The molecule has 0 spiro atoms. The Hall–Kier alpha value is -2.07. The average Bonchev–Trinajstić information content (AvgIpc) is 2.48. The summed E-state index contributed by atoms with van der Waals surface area (Å²) >= 11 is 1.48. The first-order chi connectivity index (χ1) is 10.1. The van der Waals surface area contributed by atoms with Crippen molar-refractivity contribution in [2.24, 2.45) is 0 Å². The van der Waals surface area contributed by atoms with Gasteiger partial charge in [-0.05, 0) is 43.9 Å². The lowest BCUT2D eigenvalue weighted by Gasteiger charge is -2.14. The van der Waals surface area contributed by atoms with Crippen molar-refractivity contribution in [3.63, 3.8) is 0 Å². The molecule has 4 heteroatoms. The fraction of sp³-hybridized carbons (Fsp3) is 0.176. The summed E-state index contributed by atoms with van der Waals surface area (Å²) in [6.45, 7) is 4.07. The minimum Gasteiger partial charge on any atom is -0.268 e. The van der Waals surface area contributed by atoms with Crippen LogP contribution in [0.1, 0.15) is 11.1 Å². The Balaban J connectivity index is 2.41. The number of hydrogen-bond donors (Lipinski definition) is 0. The zero-order chi connectivity index (χ0) is 15.0. The number of rotatable bonds is 2. The molecular formula is C17H16N2OS. The summed E-state index contributed by atoms with van der Waals surface area (Å²) in [6.07, 6.45) is 1.94. The van der Waals surface area contributed by atoms with Gasteiger partial charge in [0.05, 0.1) is 16.6 Å². The summed E-state index contributed by atoms with van der Waals surface area (Å²) in [5, 5.41) is 1.36. The van der Waals surface area contributed by atoms with Crippen LogP contribution < -0.4 is 5.56 Å². The van der Waals surface area contributed by atoms with Gasteiger partial charge >= 0.3 is 0 Å². The molecule has 0 atom stereocenters. The predicted octanol–water partition coefficient (Wildman–Crippen LogP) is 3.72. The van der Waals surface area contributed by atoms with Crippen molar-refractivity contribution in [2.75, 3.05) is 6.26 Å². The molecule has 106 valence electrons. The molecule has 0 aliphatic rings. The summed E-state index contributed by atoms with van der Waals surface area (Å²) in [4.78, 5) is 17.5. The van der Waals surface area contributed by atoms with Crippen LogP contribution in [0, 0.1) is 13.8 Å². The highest BCUT2D eigenvalue weighted by atomic mass is 32.2. The molecule has 0 fully saturated rings. The molecule has 3 aromatic rings. The van der Waals surface area contributed by atoms with Crippen molar-refractivity contribution in [2.45, 2.75) is 19.0 Å². The number of aromatic nitrogens is 2. The largest absolute Gasteiger partial charge is 0.268 e. The molecular weight excluding hydrogens is 280 g/mol. The molecule has 3 nitrogen and oxygen atoms in total. The second kappa shape index (κ2) is 5.37. The van der Waals surface area contributed by atoms with Gasteiger partial charge in [-0.3, -0.25) is 9.36 Å². The van der Waals surface area contributed by atoms with Crippen molar-refractivity contribution in [3.8, 4) is 5.69 Å². The van der Waals surface area contributed by atoms with E-state index in [1.165, 1.54) is 17.3 Å². The lowest BCUT2D eigenvalue weighted by atomic mass is 10.1. The Bertz CT molecular complexity index is 884. The maximum Gasteiger partial charge on any atom is 0.266 e. The van der Waals surface area contributed by atoms with Crippen LogP contribution in [-0.4, -0.2) is 15.8 Å². The number of fused-ring (bicyclic) bond motifs is 1. The number of nitrogens with zero attached hydrogens (tertiary/aromatic N) is 2. The van der Waals surface area contributed by atoms with Crippen molar-refractivity contribution in [1.82, 2.24) is 9.55 Å². The van der Waals surface area contributed by atoms with Crippen molar-refractivity contribution in [3.05, 3.63) is 63.9 Å². The second-order valence-corrected chi connectivity index (χ2v) is 5.82. The first kappa shape index (κ1) is 13.9. The fourth-order valence-corrected chi connectivity index (χ4v) is 3.07. The highest BCUT2D eigenvalue weighted by Crippen LogP contribution is 2.22. The summed E-state index contributed by atoms with van der Waals surface area (Å²) in [6, 6.07) is 13.6. The third-order valence-electron chi connectivity index (χ3n) is 3.52. The van der Waals surface area contributed by atoms with E-state index in [-0.39, 0.29) is 5.56 Å². The Labute approximate surface area is 127 Å². The normalized spacial score (nSPS) is 11.0. The highest BCUT2D eigenvalue weighted by Gasteiger charge is 2.13. The molecule has 0 N–H and O–H groups in total. The lowest BCUT2D eigenvalue weighted by molar-refractivity contribution is 0.816. The summed E-state index contributed by atoms with van der Waals surface area (Å²) in [5.41, 5.74) is 3.88. The number of hydrogen-bond acceptors (Lipinski definition) is 3. The lowest BCUT2D eigenvalue weighted by Crippen LogP contribution is -2.22. The SMILES string of the molecule is CSc1nc2ccccc2c(=O)n1-c1ccc(C)cc1C. The first-order valence-corrected chi connectivity index (χ1v) is 7.97. The molecule has 0 saturated heterocycles. The van der Waals surface area contributed by atoms with E-state index in [0.29, 0.717) is 10.5 Å². The molecule has 0 aliphatic heterocycles. The third kappa shape index (κ3) is 2.36. The van der Waals surface area contributed by atoms with Gasteiger partial charge in [-0.15, -0.1) is 0 Å². The van der Waals surface area contributed by atoms with Crippen molar-refractivity contribution >= 4 is 22.7 Å². The molecule has 1 aromatic heterocycles. The molecule has 21 heavy (non-hydrogen) atoms. The summed E-state index contributed by atoms with van der Waals surface area (Å²) in [5.74, 6) is 0. The topological polar surface area (TPSA) is 34.9 Å². The van der Waals surface area contributed by atoms with Crippen LogP contribution in [0.15, 0.2) is 52.4 Å². The Morgan fingerprint density at radius 2 is 1.86 bits per heavy atom. The smallest absolute Gasteiger partial charge is 0.266 e. The standard InChI is InChI=1S/C17H16N2OS/c1-11-8-9-15(12(2)10-11)19-16(20)13-6-4-5-7-14(13)18-17(19)21-3/h4-10H,1-3H3. The van der Waals surface area contributed by atoms with Crippen LogP contribution in [0.2, 0.25) is 0 Å². The van der Waals surface area contributed by atoms with Gasteiger partial charge in [0, 0.05) is 0 Å². The van der Waals surface area contributed by atoms with Gasteiger partial charge in [-0.2, -0.15) is 0 Å². The number of aryl methyl sites for hydroxylation is 2. The molecule has 0 saturated carbocycles. The minimum absolute atomic E-state index is 0.0168. The zero-order valence-electron chi connectivity index (χ0n) is 12.3. The Morgan fingerprint density at radius 3 is 2.57 bits per heavy atom. The summed E-state index contributed by atoms with van der Waals surface area (Å²) < 4.78 is 1.71. The Morgan fingerprint density at radius 1 is 1.10 bits per heavy atom. The van der Waals surface area contributed by atoms with Crippen LogP contribution >= 0.6 is 11.8 Å². The van der Waals surface area contributed by atoms with Crippen LogP contribution in [0.25, 0.3) is 16.6 Å². The van der Waals surface area contributed by atoms with E-state index in [1.807, 2.05) is 56.5 Å². The van der Waals surface area contributed by atoms with E-state index in [9.17, 15) is 4.79 Å². The molecule has 1 heterocycles. The quantitative estimate of drug-likeness (QED) is 0.534. The maximum atomic E-state index is 12.9. The van der Waals surface area contributed by atoms with E-state index < -0.39 is 0 Å². The third-order valence-corrected chi connectivity index (χ3v) is 4.16. The van der Waals surface area contributed by atoms with E-state index in [1.54, 1.807) is 4.57 Å². The Kier molecular flexibility index (Phi) is 3.55. The number of thioether (sulfide) groups is 1. The van der Waals surface area contributed by atoms with Crippen LogP contribution in [0.4, 0.5) is 0 Å². The summed E-state index contributed by atoms with van der Waals surface area (Å²) in [7, 11) is 0. The van der Waals surface area contributed by atoms with Gasteiger partial charge in [0.1, 0.15) is 0 Å². The van der Waals surface area contributed by atoms with E-state index >= 15 is 0 Å². The molecule has 0 unspecified atom stereocenters. The fourth-order valence-electron chi connectivity index (χ4n) is 2.52. The second-order valence-electron chi connectivity index (χ2n) is 5.05. The van der Waals surface area contributed by atoms with Crippen molar-refractivity contribution < 1.29 is 0 Å². The zero-order valence-corrected chi connectivity index (χ0v) is 13.1. The molecule has 0 radical (unpaired) electrons. The van der Waals surface area contributed by atoms with E-state index in [2.05, 4.69) is 11.1 Å². The molecule has 0 aliphatic carbocycles. The van der Waals surface area contributed by atoms with Crippen LogP contribution in [0.3, 0.4) is 0 Å². The molecule has 0 amide bonds. The van der Waals surface area contributed by atoms with Gasteiger partial charge in [0.25, 0.3) is 5.56 Å². The highest BCUT2D eigenvalue weighted by molar-refractivity contribution is 7.98. The van der Waals surface area contributed by atoms with Gasteiger partial charge in [-0.1, -0.05) is 41.6 Å². The number of benzene rings is 2. The van der Waals surface area contributed by atoms with Gasteiger partial charge < -0.3 is 0 Å².